The van der Waals surface area contributed by atoms with E-state index in [0.717, 1.165) is 41.3 Å². The maximum atomic E-state index is 10.6. The van der Waals surface area contributed by atoms with Gasteiger partial charge >= 0.3 is 0 Å². The maximum Gasteiger partial charge on any atom is 0.182 e. The first kappa shape index (κ1) is 22.4. The van der Waals surface area contributed by atoms with E-state index in [0.29, 0.717) is 22.9 Å². The van der Waals surface area contributed by atoms with Crippen LogP contribution in [-0.2, 0) is 11.8 Å². The van der Waals surface area contributed by atoms with Crippen LogP contribution in [0.3, 0.4) is 0 Å². The Morgan fingerprint density at radius 3 is 2.69 bits per heavy atom. The zero-order valence-corrected chi connectivity index (χ0v) is 20.7. The Morgan fingerprint density at radius 1 is 1.17 bits per heavy atom. The number of nitrogens with two attached hydrogens (primary N) is 2. The number of hydrogen-bond donors (Lipinski definition) is 3. The van der Waals surface area contributed by atoms with E-state index < -0.39 is 6.10 Å². The van der Waals surface area contributed by atoms with Crippen molar-refractivity contribution in [2.24, 2.45) is 5.92 Å². The largest absolute Gasteiger partial charge is 0.493 e. The molecule has 4 aliphatic rings. The quantitative estimate of drug-likeness (QED) is 0.472. The fourth-order valence-corrected chi connectivity index (χ4v) is 7.29. The molecule has 1 fully saturated rings. The van der Waals surface area contributed by atoms with Crippen LogP contribution in [0.5, 0.6) is 11.5 Å². The monoisotopic (exact) mass is 490 g/mol. The van der Waals surface area contributed by atoms with Crippen LogP contribution < -0.4 is 20.9 Å². The predicted octanol–water partition coefficient (Wildman–Crippen LogP) is 3.48. The highest BCUT2D eigenvalue weighted by molar-refractivity contribution is 7.19. The second-order valence-electron chi connectivity index (χ2n) is 9.75. The summed E-state index contributed by atoms with van der Waals surface area (Å²) in [5.74, 6) is 2.60. The van der Waals surface area contributed by atoms with Crippen LogP contribution >= 0.6 is 11.3 Å². The van der Waals surface area contributed by atoms with Crippen LogP contribution in [0.15, 0.2) is 54.6 Å². The van der Waals surface area contributed by atoms with Crippen LogP contribution in [0.2, 0.25) is 0 Å². The lowest BCUT2D eigenvalue weighted by molar-refractivity contribution is -0.0453. The third-order valence-electron chi connectivity index (χ3n) is 8.06. The van der Waals surface area contributed by atoms with Gasteiger partial charge in [0.25, 0.3) is 0 Å². The third kappa shape index (κ3) is 3.27. The molecule has 7 rings (SSSR count). The summed E-state index contributed by atoms with van der Waals surface area (Å²) in [6.45, 7) is 1.05. The van der Waals surface area contributed by atoms with E-state index in [-0.39, 0.29) is 11.5 Å². The Kier molecular flexibility index (Phi) is 5.28. The number of ether oxygens (including phenoxy) is 2. The molecule has 3 heterocycles. The second-order valence-corrected chi connectivity index (χ2v) is 10.8. The van der Waals surface area contributed by atoms with Crippen molar-refractivity contribution >= 4 is 22.3 Å². The standard InChI is InChI=1S/C18H21NO3.C9H9N3S/c1-19-8-7-18-11-4-5-13(20)17(18)22-16-14(21-2)6-3-10(15(16)18)9-12(11)19;10-8-7(13-9(11)12-8)6-4-2-1-3-5-6/h3-6,11-13,17,20H,7-9H2,1-2H3;1-5H,10H2,(H2,11,12)/t11-,12+,13-,17-,18-;/m0./s1. The first-order valence-electron chi connectivity index (χ1n) is 11.9. The average molecular weight is 491 g/mol. The topological polar surface area (TPSA) is 107 Å². The predicted molar refractivity (Wildman–Crippen MR) is 139 cm³/mol. The smallest absolute Gasteiger partial charge is 0.182 e. The molecule has 8 heteroatoms. The Morgan fingerprint density at radius 2 is 1.97 bits per heavy atom. The van der Waals surface area contributed by atoms with Crippen molar-refractivity contribution in [2.45, 2.75) is 36.5 Å². The number of nitrogen functional groups attached to an aromatic ring is 2. The van der Waals surface area contributed by atoms with Crippen molar-refractivity contribution in [3.05, 3.63) is 65.7 Å². The van der Waals surface area contributed by atoms with E-state index in [1.165, 1.54) is 22.5 Å². The summed E-state index contributed by atoms with van der Waals surface area (Å²) >= 11 is 1.41. The molecular weight excluding hydrogens is 460 g/mol. The highest BCUT2D eigenvalue weighted by Crippen LogP contribution is 2.62. The molecule has 7 nitrogen and oxygen atoms in total. The first-order chi connectivity index (χ1) is 16.9. The summed E-state index contributed by atoms with van der Waals surface area (Å²) in [5.41, 5.74) is 14.9. The molecule has 2 aliphatic heterocycles. The minimum Gasteiger partial charge on any atom is -0.493 e. The molecule has 1 saturated heterocycles. The number of rotatable bonds is 2. The highest BCUT2D eigenvalue weighted by atomic mass is 32.1. The van der Waals surface area contributed by atoms with Crippen molar-refractivity contribution in [2.75, 3.05) is 32.2 Å². The maximum absolute atomic E-state index is 10.6. The van der Waals surface area contributed by atoms with E-state index >= 15 is 0 Å². The number of aromatic nitrogens is 1. The molecule has 1 aromatic heterocycles. The summed E-state index contributed by atoms with van der Waals surface area (Å²) in [6.07, 6.45) is 5.54. The molecule has 1 spiro atoms. The molecule has 0 radical (unpaired) electrons. The first-order valence-corrected chi connectivity index (χ1v) is 12.8. The van der Waals surface area contributed by atoms with Crippen molar-refractivity contribution in [1.29, 1.82) is 0 Å². The van der Waals surface area contributed by atoms with Crippen LogP contribution in [0, 0.1) is 5.92 Å². The van der Waals surface area contributed by atoms with Gasteiger partial charge in [0.05, 0.1) is 12.0 Å². The number of likely N-dealkylation sites (tertiary alicyclic amines) is 1. The molecule has 0 amide bonds. The number of thiazole rings is 1. The van der Waals surface area contributed by atoms with Gasteiger partial charge in [0.15, 0.2) is 16.6 Å². The van der Waals surface area contributed by atoms with Crippen LogP contribution in [-0.4, -0.2) is 53.9 Å². The number of piperidine rings is 1. The molecule has 182 valence electrons. The minimum atomic E-state index is -0.539. The summed E-state index contributed by atoms with van der Waals surface area (Å²) in [4.78, 5) is 7.38. The lowest BCUT2D eigenvalue weighted by atomic mass is 9.53. The SMILES string of the molecule is COc1ccc2c3c1O[C@H]1[C@@H](O)C=C[C@H]4[C@@H](C2)N(C)CC[C@@]341.Nc1nc(N)c(-c2ccccc2)s1. The van der Waals surface area contributed by atoms with Crippen LogP contribution in [0.1, 0.15) is 17.5 Å². The fourth-order valence-electron chi connectivity index (χ4n) is 6.53. The molecule has 3 aromatic rings. The molecular formula is C27H30N4O3S. The second kappa shape index (κ2) is 8.26. The summed E-state index contributed by atoms with van der Waals surface area (Å²) < 4.78 is 11.8. The van der Waals surface area contributed by atoms with Gasteiger partial charge in [0.1, 0.15) is 18.0 Å². The average Bonchev–Trinajstić information content (AvgIpc) is 3.40. The number of methoxy groups -OCH3 is 1. The van der Waals surface area contributed by atoms with Gasteiger partial charge in [-0.2, -0.15) is 0 Å². The molecule has 0 saturated carbocycles. The number of aliphatic hydroxyl groups excluding tert-OH is 1. The zero-order chi connectivity index (χ0) is 24.3. The van der Waals surface area contributed by atoms with Crippen molar-refractivity contribution in [3.63, 3.8) is 0 Å². The van der Waals surface area contributed by atoms with Gasteiger partial charge in [-0.3, -0.25) is 0 Å². The van der Waals surface area contributed by atoms with Crippen molar-refractivity contribution < 1.29 is 14.6 Å². The van der Waals surface area contributed by atoms with Crippen LogP contribution in [0.4, 0.5) is 10.9 Å². The number of nitrogens with zero attached hydrogens (tertiary/aromatic N) is 2. The van der Waals surface area contributed by atoms with E-state index in [9.17, 15) is 5.11 Å². The number of benzene rings is 2. The summed E-state index contributed by atoms with van der Waals surface area (Å²) in [6, 6.07) is 14.6. The Bertz CT molecular complexity index is 1290. The Balaban J connectivity index is 0.000000151. The van der Waals surface area contributed by atoms with Gasteiger partial charge in [0.2, 0.25) is 0 Å². The number of hydrogen-bond acceptors (Lipinski definition) is 8. The number of aliphatic hydroxyl groups is 1. The van der Waals surface area contributed by atoms with Crippen LogP contribution in [0.25, 0.3) is 10.4 Å². The number of likely N-dealkylation sites (N-methyl/N-ethyl adjacent to an activating group) is 1. The Labute approximate surface area is 209 Å². The van der Waals surface area contributed by atoms with Gasteiger partial charge in [-0.05, 0) is 43.6 Å². The summed E-state index contributed by atoms with van der Waals surface area (Å²) in [5, 5.41) is 11.1. The minimum absolute atomic E-state index is 0.0806. The highest BCUT2D eigenvalue weighted by Gasteiger charge is 2.64. The van der Waals surface area contributed by atoms with Gasteiger partial charge in [-0.15, -0.1) is 0 Å². The van der Waals surface area contributed by atoms with Gasteiger partial charge in [-0.25, -0.2) is 4.98 Å². The summed E-state index contributed by atoms with van der Waals surface area (Å²) in [7, 11) is 3.91. The van der Waals surface area contributed by atoms with Gasteiger partial charge < -0.3 is 30.9 Å². The van der Waals surface area contributed by atoms with Crippen molar-refractivity contribution in [3.8, 4) is 21.9 Å². The van der Waals surface area contributed by atoms with E-state index in [2.05, 4.69) is 29.1 Å². The molecule has 2 aliphatic carbocycles. The number of anilines is 2. The van der Waals surface area contributed by atoms with E-state index in [1.54, 1.807) is 7.11 Å². The van der Waals surface area contributed by atoms with E-state index in [1.807, 2.05) is 42.5 Å². The van der Waals surface area contributed by atoms with Gasteiger partial charge in [-0.1, -0.05) is 59.9 Å². The normalized spacial score (nSPS) is 29.6. The van der Waals surface area contributed by atoms with Gasteiger partial charge in [0, 0.05) is 22.9 Å². The Hall–Kier alpha value is -3.07. The molecule has 0 unspecified atom stereocenters. The lowest BCUT2D eigenvalue weighted by Crippen LogP contribution is -2.64. The third-order valence-corrected chi connectivity index (χ3v) is 9.01. The van der Waals surface area contributed by atoms with Crippen molar-refractivity contribution in [1.82, 2.24) is 9.88 Å². The van der Waals surface area contributed by atoms with E-state index in [4.69, 9.17) is 20.9 Å². The molecule has 2 bridgehead atoms. The molecule has 2 aromatic carbocycles. The lowest BCUT2D eigenvalue weighted by Gasteiger charge is -2.56. The molecule has 35 heavy (non-hydrogen) atoms. The fraction of sp³-hybridized carbons (Fsp3) is 0.370. The molecule has 5 N–H and O–H groups in total. The molecule has 5 atom stereocenters. The zero-order valence-electron chi connectivity index (χ0n) is 19.8.